The number of aromatic nitrogens is 1. The maximum atomic E-state index is 13.1. The molecule has 0 saturated carbocycles. The van der Waals surface area contributed by atoms with Crippen LogP contribution in [0.4, 0.5) is 10.3 Å². The van der Waals surface area contributed by atoms with Crippen LogP contribution in [0.5, 0.6) is 0 Å². The van der Waals surface area contributed by atoms with Gasteiger partial charge in [0.1, 0.15) is 10.7 Å². The molecule has 2 aromatic heterocycles. The van der Waals surface area contributed by atoms with E-state index in [9.17, 15) is 19.3 Å². The fourth-order valence-electron chi connectivity index (χ4n) is 2.70. The van der Waals surface area contributed by atoms with Crippen molar-refractivity contribution in [2.75, 3.05) is 0 Å². The molecule has 0 atom stereocenters. The quantitative estimate of drug-likeness (QED) is 0.422. The van der Waals surface area contributed by atoms with E-state index in [-0.39, 0.29) is 11.6 Å². The molecule has 2 heterocycles. The SMILES string of the molecule is Cc1cc(C(=O)N/N=C\c2ccc([N+](=O)[O-])o2)c(C)n1-c1ccc(F)cc1. The second-order valence-corrected chi connectivity index (χ2v) is 5.73. The van der Waals surface area contributed by atoms with Gasteiger partial charge in [0.2, 0.25) is 0 Å². The molecule has 3 aromatic rings. The molecule has 0 aliphatic heterocycles. The molecule has 1 aromatic carbocycles. The predicted molar refractivity (Wildman–Crippen MR) is 95.6 cm³/mol. The van der Waals surface area contributed by atoms with Crippen LogP contribution < -0.4 is 5.43 Å². The highest BCUT2D eigenvalue weighted by atomic mass is 19.1. The Morgan fingerprint density at radius 1 is 1.26 bits per heavy atom. The summed E-state index contributed by atoms with van der Waals surface area (Å²) in [5, 5.41) is 14.3. The van der Waals surface area contributed by atoms with Crippen LogP contribution in [-0.4, -0.2) is 21.6 Å². The van der Waals surface area contributed by atoms with Gasteiger partial charge in [0.25, 0.3) is 5.91 Å². The summed E-state index contributed by atoms with van der Waals surface area (Å²) in [6.45, 7) is 3.60. The molecule has 0 radical (unpaired) electrons. The largest absolute Gasteiger partial charge is 0.433 e. The van der Waals surface area contributed by atoms with Gasteiger partial charge in [-0.05, 0) is 50.2 Å². The van der Waals surface area contributed by atoms with Crippen molar-refractivity contribution in [3.63, 3.8) is 0 Å². The number of hydrazone groups is 1. The van der Waals surface area contributed by atoms with E-state index in [1.165, 1.54) is 30.5 Å². The zero-order chi connectivity index (χ0) is 19.6. The number of nitrogens with zero attached hydrogens (tertiary/aromatic N) is 3. The van der Waals surface area contributed by atoms with E-state index < -0.39 is 16.7 Å². The molecule has 8 nitrogen and oxygen atoms in total. The number of halogens is 1. The van der Waals surface area contributed by atoms with Crippen molar-refractivity contribution in [1.29, 1.82) is 0 Å². The van der Waals surface area contributed by atoms with Crippen molar-refractivity contribution in [3.8, 4) is 5.69 Å². The summed E-state index contributed by atoms with van der Waals surface area (Å²) in [5.41, 5.74) is 4.96. The first-order valence-corrected chi connectivity index (χ1v) is 7.89. The summed E-state index contributed by atoms with van der Waals surface area (Å²) < 4.78 is 19.9. The molecule has 1 amide bonds. The summed E-state index contributed by atoms with van der Waals surface area (Å²) in [5.74, 6) is -1.06. The number of nitro groups is 1. The highest BCUT2D eigenvalue weighted by Crippen LogP contribution is 2.21. The monoisotopic (exact) mass is 370 g/mol. The van der Waals surface area contributed by atoms with Crippen LogP contribution in [0, 0.1) is 29.8 Å². The van der Waals surface area contributed by atoms with Gasteiger partial charge in [0, 0.05) is 17.1 Å². The van der Waals surface area contributed by atoms with Crippen molar-refractivity contribution in [3.05, 3.63) is 81.1 Å². The molecule has 27 heavy (non-hydrogen) atoms. The second kappa shape index (κ2) is 7.24. The minimum atomic E-state index is -0.666. The van der Waals surface area contributed by atoms with Crippen LogP contribution in [0.15, 0.2) is 52.0 Å². The van der Waals surface area contributed by atoms with Gasteiger partial charge in [0.15, 0.2) is 5.76 Å². The van der Waals surface area contributed by atoms with E-state index >= 15 is 0 Å². The van der Waals surface area contributed by atoms with Crippen molar-refractivity contribution >= 4 is 18.0 Å². The minimum absolute atomic E-state index is 0.138. The van der Waals surface area contributed by atoms with Gasteiger partial charge in [0.05, 0.1) is 17.8 Å². The van der Waals surface area contributed by atoms with Crippen LogP contribution in [0.25, 0.3) is 5.69 Å². The maximum Gasteiger partial charge on any atom is 0.433 e. The molecule has 0 saturated heterocycles. The number of carbonyl (C=O) groups is 1. The number of rotatable bonds is 5. The highest BCUT2D eigenvalue weighted by molar-refractivity contribution is 5.96. The molecular weight excluding hydrogens is 355 g/mol. The van der Waals surface area contributed by atoms with E-state index in [1.54, 1.807) is 25.1 Å². The van der Waals surface area contributed by atoms with Gasteiger partial charge in [-0.3, -0.25) is 14.9 Å². The van der Waals surface area contributed by atoms with Gasteiger partial charge in [-0.15, -0.1) is 0 Å². The van der Waals surface area contributed by atoms with Gasteiger partial charge in [-0.1, -0.05) is 0 Å². The van der Waals surface area contributed by atoms with Gasteiger partial charge in [-0.25, -0.2) is 9.82 Å². The Labute approximate surface area is 153 Å². The maximum absolute atomic E-state index is 13.1. The molecule has 0 aliphatic rings. The summed E-state index contributed by atoms with van der Waals surface area (Å²) >= 11 is 0. The van der Waals surface area contributed by atoms with Gasteiger partial charge in [-0.2, -0.15) is 5.10 Å². The average Bonchev–Trinajstić information content (AvgIpc) is 3.21. The normalized spacial score (nSPS) is 11.1. The molecule has 3 rings (SSSR count). The summed E-state index contributed by atoms with van der Waals surface area (Å²) in [7, 11) is 0. The van der Waals surface area contributed by atoms with Crippen LogP contribution >= 0.6 is 0 Å². The first kappa shape index (κ1) is 18.1. The lowest BCUT2D eigenvalue weighted by atomic mass is 10.2. The Morgan fingerprint density at radius 3 is 2.59 bits per heavy atom. The van der Waals surface area contributed by atoms with Gasteiger partial charge >= 0.3 is 5.88 Å². The molecule has 0 spiro atoms. The Hall–Kier alpha value is -3.75. The van der Waals surface area contributed by atoms with Crippen LogP contribution in [0.2, 0.25) is 0 Å². The topological polar surface area (TPSA) is 103 Å². The molecular formula is C18H15FN4O4. The lowest BCUT2D eigenvalue weighted by Crippen LogP contribution is -2.18. The van der Waals surface area contributed by atoms with E-state index in [0.717, 1.165) is 11.4 Å². The molecule has 9 heteroatoms. The van der Waals surface area contributed by atoms with E-state index in [4.69, 9.17) is 4.42 Å². The Morgan fingerprint density at radius 2 is 1.96 bits per heavy atom. The zero-order valence-corrected chi connectivity index (χ0v) is 14.5. The summed E-state index contributed by atoms with van der Waals surface area (Å²) in [6, 6.07) is 10.2. The van der Waals surface area contributed by atoms with E-state index in [0.29, 0.717) is 11.3 Å². The average molecular weight is 370 g/mol. The first-order chi connectivity index (χ1) is 12.9. The molecule has 0 unspecified atom stereocenters. The van der Waals surface area contributed by atoms with Crippen LogP contribution in [-0.2, 0) is 0 Å². The number of nitrogens with one attached hydrogen (secondary N) is 1. The molecule has 1 N–H and O–H groups in total. The number of amides is 1. The van der Waals surface area contributed by atoms with E-state index in [1.807, 2.05) is 11.5 Å². The van der Waals surface area contributed by atoms with Crippen molar-refractivity contribution in [1.82, 2.24) is 9.99 Å². The van der Waals surface area contributed by atoms with Crippen LogP contribution in [0.1, 0.15) is 27.5 Å². The highest BCUT2D eigenvalue weighted by Gasteiger charge is 2.16. The summed E-state index contributed by atoms with van der Waals surface area (Å²) in [6.07, 6.45) is 1.17. The smallest absolute Gasteiger partial charge is 0.400 e. The number of benzene rings is 1. The number of hydrogen-bond acceptors (Lipinski definition) is 5. The number of furan rings is 1. The van der Waals surface area contributed by atoms with Crippen molar-refractivity contribution < 1.29 is 18.5 Å². The molecule has 0 fully saturated rings. The van der Waals surface area contributed by atoms with Crippen LogP contribution in [0.3, 0.4) is 0 Å². The lowest BCUT2D eigenvalue weighted by Gasteiger charge is -2.09. The van der Waals surface area contributed by atoms with Crippen molar-refractivity contribution in [2.24, 2.45) is 5.10 Å². The standard InChI is InChI=1S/C18H15FN4O4/c1-11-9-16(12(2)22(11)14-5-3-13(19)4-6-14)18(24)21-20-10-15-7-8-17(27-15)23(25)26/h3-10H,1-2H3,(H,21,24)/b20-10-. The fraction of sp³-hybridized carbons (Fsp3) is 0.111. The number of aryl methyl sites for hydroxylation is 1. The second-order valence-electron chi connectivity index (χ2n) is 5.73. The Bertz CT molecular complexity index is 1030. The third-order valence-corrected chi connectivity index (χ3v) is 3.91. The zero-order valence-electron chi connectivity index (χ0n) is 14.5. The predicted octanol–water partition coefficient (Wildman–Crippen LogP) is 3.50. The molecule has 138 valence electrons. The lowest BCUT2D eigenvalue weighted by molar-refractivity contribution is -0.402. The third kappa shape index (κ3) is 3.76. The van der Waals surface area contributed by atoms with Gasteiger partial charge < -0.3 is 8.98 Å². The minimum Gasteiger partial charge on any atom is -0.400 e. The Kier molecular flexibility index (Phi) is 4.84. The summed E-state index contributed by atoms with van der Waals surface area (Å²) in [4.78, 5) is 22.3. The third-order valence-electron chi connectivity index (χ3n) is 3.91. The first-order valence-electron chi connectivity index (χ1n) is 7.89. The Balaban J connectivity index is 1.77. The number of hydrogen-bond donors (Lipinski definition) is 1. The van der Waals surface area contributed by atoms with Crippen molar-refractivity contribution in [2.45, 2.75) is 13.8 Å². The van der Waals surface area contributed by atoms with E-state index in [2.05, 4.69) is 10.5 Å². The fourth-order valence-corrected chi connectivity index (χ4v) is 2.70. The molecule has 0 aliphatic carbocycles. The molecule has 0 bridgehead atoms. The number of carbonyl (C=O) groups excluding carboxylic acids is 1.